The molecule has 2 atom stereocenters. The number of aryl methyl sites for hydroxylation is 1. The Kier molecular flexibility index (Phi) is 4.28. The molecule has 1 heterocycles. The maximum atomic E-state index is 11.1. The molecule has 0 bridgehead atoms. The SMILES string of the molecule is COc1c(C)cc(C2CC(C(=O)O)CN2)cc1C(C)(C)C. The van der Waals surface area contributed by atoms with Crippen LogP contribution in [0.5, 0.6) is 5.75 Å². The Labute approximate surface area is 126 Å². The molecule has 0 radical (unpaired) electrons. The van der Waals surface area contributed by atoms with E-state index in [1.54, 1.807) is 7.11 Å². The van der Waals surface area contributed by atoms with Gasteiger partial charge in [0.05, 0.1) is 13.0 Å². The van der Waals surface area contributed by atoms with Crippen molar-refractivity contribution >= 4 is 5.97 Å². The minimum atomic E-state index is -0.716. The quantitative estimate of drug-likeness (QED) is 0.898. The van der Waals surface area contributed by atoms with Crippen LogP contribution in [0, 0.1) is 12.8 Å². The van der Waals surface area contributed by atoms with Crippen LogP contribution in [0.15, 0.2) is 12.1 Å². The molecule has 1 aliphatic heterocycles. The van der Waals surface area contributed by atoms with E-state index in [1.807, 2.05) is 6.92 Å². The molecule has 1 saturated heterocycles. The van der Waals surface area contributed by atoms with Crippen LogP contribution in [-0.4, -0.2) is 24.7 Å². The molecule has 2 unspecified atom stereocenters. The molecular formula is C17H25NO3. The highest BCUT2D eigenvalue weighted by Crippen LogP contribution is 2.38. The molecule has 0 amide bonds. The smallest absolute Gasteiger partial charge is 0.307 e. The van der Waals surface area contributed by atoms with Gasteiger partial charge in [-0.15, -0.1) is 0 Å². The first-order valence-electron chi connectivity index (χ1n) is 7.39. The normalized spacial score (nSPS) is 22.3. The summed E-state index contributed by atoms with van der Waals surface area (Å²) in [5, 5.41) is 12.5. The lowest BCUT2D eigenvalue weighted by atomic mass is 9.83. The highest BCUT2D eigenvalue weighted by Gasteiger charge is 2.31. The highest BCUT2D eigenvalue weighted by molar-refractivity contribution is 5.70. The number of methoxy groups -OCH3 is 1. The number of carboxylic acids is 1. The molecule has 1 aromatic rings. The third kappa shape index (κ3) is 3.21. The predicted molar refractivity (Wildman–Crippen MR) is 82.9 cm³/mol. The lowest BCUT2D eigenvalue weighted by Crippen LogP contribution is -2.18. The van der Waals surface area contributed by atoms with E-state index < -0.39 is 5.97 Å². The molecule has 0 aromatic heterocycles. The molecule has 2 N–H and O–H groups in total. The lowest BCUT2D eigenvalue weighted by Gasteiger charge is -2.25. The maximum Gasteiger partial charge on any atom is 0.307 e. The third-order valence-corrected chi connectivity index (χ3v) is 4.19. The first-order chi connectivity index (χ1) is 9.74. The highest BCUT2D eigenvalue weighted by atomic mass is 16.5. The summed E-state index contributed by atoms with van der Waals surface area (Å²) in [5.41, 5.74) is 3.40. The fraction of sp³-hybridized carbons (Fsp3) is 0.588. The Balaban J connectivity index is 2.38. The first kappa shape index (κ1) is 15.8. The number of carboxylic acid groups (broad SMARTS) is 1. The molecular weight excluding hydrogens is 266 g/mol. The topological polar surface area (TPSA) is 58.6 Å². The van der Waals surface area contributed by atoms with Crippen molar-refractivity contribution in [1.29, 1.82) is 0 Å². The van der Waals surface area contributed by atoms with Crippen LogP contribution in [0.1, 0.15) is 49.9 Å². The number of rotatable bonds is 3. The Hall–Kier alpha value is -1.55. The van der Waals surface area contributed by atoms with Crippen LogP contribution in [0.25, 0.3) is 0 Å². The Morgan fingerprint density at radius 3 is 2.52 bits per heavy atom. The van der Waals surface area contributed by atoms with Gasteiger partial charge in [0.2, 0.25) is 0 Å². The van der Waals surface area contributed by atoms with Gasteiger partial charge in [-0.25, -0.2) is 0 Å². The molecule has 4 heteroatoms. The first-order valence-corrected chi connectivity index (χ1v) is 7.39. The molecule has 4 nitrogen and oxygen atoms in total. The van der Waals surface area contributed by atoms with Crippen molar-refractivity contribution in [1.82, 2.24) is 5.32 Å². The van der Waals surface area contributed by atoms with Crippen molar-refractivity contribution in [3.05, 3.63) is 28.8 Å². The minimum absolute atomic E-state index is 0.0169. The minimum Gasteiger partial charge on any atom is -0.496 e. The van der Waals surface area contributed by atoms with E-state index in [9.17, 15) is 4.79 Å². The number of aliphatic carboxylic acids is 1. The van der Waals surface area contributed by atoms with Crippen LogP contribution in [0.3, 0.4) is 0 Å². The van der Waals surface area contributed by atoms with Gasteiger partial charge in [-0.1, -0.05) is 26.8 Å². The molecule has 1 aromatic carbocycles. The van der Waals surface area contributed by atoms with Crippen LogP contribution in [0.2, 0.25) is 0 Å². The average molecular weight is 291 g/mol. The molecule has 0 spiro atoms. The molecule has 0 aliphatic carbocycles. The van der Waals surface area contributed by atoms with E-state index in [2.05, 4.69) is 38.2 Å². The fourth-order valence-corrected chi connectivity index (χ4v) is 3.01. The van der Waals surface area contributed by atoms with Gasteiger partial charge in [-0.3, -0.25) is 4.79 Å². The van der Waals surface area contributed by atoms with Gasteiger partial charge in [-0.05, 0) is 36.0 Å². The zero-order valence-corrected chi connectivity index (χ0v) is 13.5. The van der Waals surface area contributed by atoms with E-state index in [0.717, 1.165) is 16.9 Å². The number of ether oxygens (including phenoxy) is 1. The zero-order chi connectivity index (χ0) is 15.8. The van der Waals surface area contributed by atoms with E-state index in [1.165, 1.54) is 5.56 Å². The second-order valence-electron chi connectivity index (χ2n) is 6.90. The van der Waals surface area contributed by atoms with E-state index >= 15 is 0 Å². The maximum absolute atomic E-state index is 11.1. The number of carbonyl (C=O) groups is 1. The summed E-state index contributed by atoms with van der Waals surface area (Å²) in [6.07, 6.45) is 0.644. The summed E-state index contributed by atoms with van der Waals surface area (Å²) < 4.78 is 5.57. The largest absolute Gasteiger partial charge is 0.496 e. The molecule has 0 saturated carbocycles. The van der Waals surface area contributed by atoms with Crippen molar-refractivity contribution in [3.8, 4) is 5.75 Å². The summed E-state index contributed by atoms with van der Waals surface area (Å²) in [6, 6.07) is 4.38. The number of benzene rings is 1. The van der Waals surface area contributed by atoms with Gasteiger partial charge in [0.15, 0.2) is 0 Å². The monoisotopic (exact) mass is 291 g/mol. The standard InChI is InChI=1S/C17H25NO3/c1-10-6-11(14-8-12(9-18-14)16(19)20)7-13(15(10)21-5)17(2,3)4/h6-7,12,14,18H,8-9H2,1-5H3,(H,19,20). The Bertz CT molecular complexity index is 546. The van der Waals surface area contributed by atoms with Gasteiger partial charge in [0.1, 0.15) is 5.75 Å². The second kappa shape index (κ2) is 5.68. The number of nitrogens with one attached hydrogen (secondary N) is 1. The van der Waals surface area contributed by atoms with Gasteiger partial charge in [0, 0.05) is 18.2 Å². The van der Waals surface area contributed by atoms with Gasteiger partial charge >= 0.3 is 5.97 Å². The van der Waals surface area contributed by atoms with Crippen molar-refractivity contribution in [2.24, 2.45) is 5.92 Å². The van der Waals surface area contributed by atoms with E-state index in [4.69, 9.17) is 9.84 Å². The lowest BCUT2D eigenvalue weighted by molar-refractivity contribution is -0.141. The Morgan fingerprint density at radius 2 is 2.05 bits per heavy atom. The molecule has 1 fully saturated rings. The van der Waals surface area contributed by atoms with Gasteiger partial charge in [-0.2, -0.15) is 0 Å². The van der Waals surface area contributed by atoms with Gasteiger partial charge in [0.25, 0.3) is 0 Å². The van der Waals surface area contributed by atoms with Crippen molar-refractivity contribution in [2.45, 2.75) is 45.6 Å². The number of hydrogen-bond acceptors (Lipinski definition) is 3. The van der Waals surface area contributed by atoms with Crippen LogP contribution >= 0.6 is 0 Å². The Morgan fingerprint density at radius 1 is 1.38 bits per heavy atom. The predicted octanol–water partition coefficient (Wildman–Crippen LogP) is 3.04. The molecule has 2 rings (SSSR count). The number of hydrogen-bond donors (Lipinski definition) is 2. The van der Waals surface area contributed by atoms with Crippen molar-refractivity contribution < 1.29 is 14.6 Å². The van der Waals surface area contributed by atoms with Crippen LogP contribution in [0.4, 0.5) is 0 Å². The molecule has 116 valence electrons. The summed E-state index contributed by atoms with van der Waals surface area (Å²) in [4.78, 5) is 11.1. The van der Waals surface area contributed by atoms with Gasteiger partial charge < -0.3 is 15.2 Å². The summed E-state index contributed by atoms with van der Waals surface area (Å²) in [5.74, 6) is -0.0826. The van der Waals surface area contributed by atoms with E-state index in [0.29, 0.717) is 13.0 Å². The fourth-order valence-electron chi connectivity index (χ4n) is 3.01. The zero-order valence-electron chi connectivity index (χ0n) is 13.5. The summed E-state index contributed by atoms with van der Waals surface area (Å²) in [6.45, 7) is 9.07. The van der Waals surface area contributed by atoms with Crippen molar-refractivity contribution in [2.75, 3.05) is 13.7 Å². The third-order valence-electron chi connectivity index (χ3n) is 4.19. The summed E-state index contributed by atoms with van der Waals surface area (Å²) >= 11 is 0. The van der Waals surface area contributed by atoms with Crippen LogP contribution in [-0.2, 0) is 10.2 Å². The molecule has 1 aliphatic rings. The second-order valence-corrected chi connectivity index (χ2v) is 6.90. The van der Waals surface area contributed by atoms with E-state index in [-0.39, 0.29) is 17.4 Å². The van der Waals surface area contributed by atoms with Crippen LogP contribution < -0.4 is 10.1 Å². The average Bonchev–Trinajstić information content (AvgIpc) is 2.86. The molecule has 21 heavy (non-hydrogen) atoms. The van der Waals surface area contributed by atoms with Crippen molar-refractivity contribution in [3.63, 3.8) is 0 Å². The summed E-state index contributed by atoms with van der Waals surface area (Å²) in [7, 11) is 1.70.